The standard InChI is InChI=1S/C14H14F2N4O/c1-7(12-10(15)2-3-11(18)13(12)16)21-9-4-8(5-17)14(19)20-6-9/h2-7,17H,18H2,1H3,(H2,19,20). The molecule has 2 aromatic rings. The van der Waals surface area contributed by atoms with E-state index in [2.05, 4.69) is 4.98 Å². The van der Waals surface area contributed by atoms with Crippen molar-refractivity contribution in [2.75, 3.05) is 11.5 Å². The van der Waals surface area contributed by atoms with Crippen molar-refractivity contribution in [1.29, 1.82) is 5.41 Å². The van der Waals surface area contributed by atoms with Crippen molar-refractivity contribution >= 4 is 17.7 Å². The smallest absolute Gasteiger partial charge is 0.155 e. The van der Waals surface area contributed by atoms with Crippen LogP contribution in [0.2, 0.25) is 0 Å². The summed E-state index contributed by atoms with van der Waals surface area (Å²) in [5.74, 6) is -1.18. The number of nitrogens with two attached hydrogens (primary N) is 2. The molecule has 0 saturated carbocycles. The van der Waals surface area contributed by atoms with Gasteiger partial charge in [-0.3, -0.25) is 0 Å². The number of nitrogen functional groups attached to an aromatic ring is 2. The van der Waals surface area contributed by atoms with E-state index >= 15 is 0 Å². The molecule has 1 unspecified atom stereocenters. The number of anilines is 2. The van der Waals surface area contributed by atoms with Crippen molar-refractivity contribution in [1.82, 2.24) is 4.98 Å². The Kier molecular flexibility index (Phi) is 4.02. The van der Waals surface area contributed by atoms with Gasteiger partial charge in [-0.1, -0.05) is 0 Å². The summed E-state index contributed by atoms with van der Waals surface area (Å²) in [7, 11) is 0. The summed E-state index contributed by atoms with van der Waals surface area (Å²) in [6.45, 7) is 1.49. The van der Waals surface area contributed by atoms with Gasteiger partial charge in [-0.05, 0) is 25.1 Å². The van der Waals surface area contributed by atoms with E-state index in [-0.39, 0.29) is 22.8 Å². The van der Waals surface area contributed by atoms with Crippen molar-refractivity contribution < 1.29 is 13.5 Å². The Morgan fingerprint density at radius 2 is 2.05 bits per heavy atom. The highest BCUT2D eigenvalue weighted by Gasteiger charge is 2.20. The first-order valence-corrected chi connectivity index (χ1v) is 6.10. The number of pyridine rings is 1. The van der Waals surface area contributed by atoms with Crippen molar-refractivity contribution in [2.24, 2.45) is 0 Å². The van der Waals surface area contributed by atoms with E-state index in [4.69, 9.17) is 21.6 Å². The highest BCUT2D eigenvalue weighted by Crippen LogP contribution is 2.29. The first-order valence-electron chi connectivity index (χ1n) is 6.10. The van der Waals surface area contributed by atoms with E-state index < -0.39 is 17.7 Å². The molecule has 1 atom stereocenters. The van der Waals surface area contributed by atoms with Crippen LogP contribution in [0.4, 0.5) is 20.3 Å². The lowest BCUT2D eigenvalue weighted by Gasteiger charge is -2.17. The summed E-state index contributed by atoms with van der Waals surface area (Å²) in [4.78, 5) is 3.85. The van der Waals surface area contributed by atoms with Crippen LogP contribution in [0.1, 0.15) is 24.2 Å². The van der Waals surface area contributed by atoms with Gasteiger partial charge in [0, 0.05) is 11.8 Å². The number of nitrogens with one attached hydrogen (secondary N) is 1. The van der Waals surface area contributed by atoms with Gasteiger partial charge in [0.25, 0.3) is 0 Å². The fourth-order valence-electron chi connectivity index (χ4n) is 1.87. The van der Waals surface area contributed by atoms with Crippen LogP contribution in [0.3, 0.4) is 0 Å². The molecule has 0 aliphatic rings. The van der Waals surface area contributed by atoms with Gasteiger partial charge >= 0.3 is 0 Å². The predicted octanol–water partition coefficient (Wildman–Crippen LogP) is 2.66. The molecule has 0 bridgehead atoms. The molecule has 21 heavy (non-hydrogen) atoms. The zero-order valence-corrected chi connectivity index (χ0v) is 11.2. The molecule has 0 aliphatic heterocycles. The van der Waals surface area contributed by atoms with Gasteiger partial charge in [-0.25, -0.2) is 13.8 Å². The average molecular weight is 292 g/mol. The third kappa shape index (κ3) is 2.91. The molecule has 0 fully saturated rings. The van der Waals surface area contributed by atoms with Gasteiger partial charge in [-0.15, -0.1) is 0 Å². The summed E-state index contributed by atoms with van der Waals surface area (Å²) in [6.07, 6.45) is 1.42. The van der Waals surface area contributed by atoms with E-state index in [1.165, 1.54) is 19.2 Å². The van der Waals surface area contributed by atoms with Crippen molar-refractivity contribution in [2.45, 2.75) is 13.0 Å². The van der Waals surface area contributed by atoms with Gasteiger partial charge in [0.15, 0.2) is 5.82 Å². The summed E-state index contributed by atoms with van der Waals surface area (Å²) in [5.41, 5.74) is 10.9. The number of benzene rings is 1. The largest absolute Gasteiger partial charge is 0.484 e. The molecule has 5 N–H and O–H groups in total. The number of ether oxygens (including phenoxy) is 1. The molecular formula is C14H14F2N4O. The monoisotopic (exact) mass is 292 g/mol. The zero-order valence-electron chi connectivity index (χ0n) is 11.2. The fraction of sp³-hybridized carbons (Fsp3) is 0.143. The predicted molar refractivity (Wildman–Crippen MR) is 76.3 cm³/mol. The summed E-state index contributed by atoms with van der Waals surface area (Å²) >= 11 is 0. The Morgan fingerprint density at radius 3 is 2.71 bits per heavy atom. The van der Waals surface area contributed by atoms with Gasteiger partial charge in [0.05, 0.1) is 17.4 Å². The molecule has 2 rings (SSSR count). The maximum Gasteiger partial charge on any atom is 0.155 e. The molecule has 0 saturated heterocycles. The Bertz CT molecular complexity index is 691. The molecule has 0 aliphatic carbocycles. The van der Waals surface area contributed by atoms with Crippen LogP contribution in [0.5, 0.6) is 5.75 Å². The molecule has 0 radical (unpaired) electrons. The maximum absolute atomic E-state index is 13.9. The van der Waals surface area contributed by atoms with E-state index in [0.717, 1.165) is 18.3 Å². The van der Waals surface area contributed by atoms with E-state index in [0.29, 0.717) is 5.56 Å². The fourth-order valence-corrected chi connectivity index (χ4v) is 1.87. The molecule has 110 valence electrons. The lowest BCUT2D eigenvalue weighted by molar-refractivity contribution is 0.215. The number of hydrogen-bond donors (Lipinski definition) is 3. The van der Waals surface area contributed by atoms with Crippen LogP contribution in [-0.2, 0) is 0 Å². The van der Waals surface area contributed by atoms with E-state index in [1.54, 1.807) is 0 Å². The summed E-state index contributed by atoms with van der Waals surface area (Å²) in [5, 5.41) is 7.19. The second-order valence-electron chi connectivity index (χ2n) is 4.41. The Morgan fingerprint density at radius 1 is 1.33 bits per heavy atom. The van der Waals surface area contributed by atoms with Crippen molar-refractivity contribution in [3.05, 3.63) is 47.2 Å². The van der Waals surface area contributed by atoms with Crippen LogP contribution >= 0.6 is 0 Å². The molecular weight excluding hydrogens is 278 g/mol. The number of hydrogen-bond acceptors (Lipinski definition) is 5. The van der Waals surface area contributed by atoms with Crippen molar-refractivity contribution in [3.8, 4) is 5.75 Å². The molecule has 5 nitrogen and oxygen atoms in total. The number of aromatic nitrogens is 1. The van der Waals surface area contributed by atoms with Crippen LogP contribution in [0, 0.1) is 17.0 Å². The number of halogens is 2. The lowest BCUT2D eigenvalue weighted by Crippen LogP contribution is -2.10. The van der Waals surface area contributed by atoms with Crippen LogP contribution in [0.25, 0.3) is 0 Å². The van der Waals surface area contributed by atoms with Crippen LogP contribution in [0.15, 0.2) is 24.4 Å². The molecule has 0 spiro atoms. The first kappa shape index (κ1) is 14.7. The Hall–Kier alpha value is -2.70. The minimum absolute atomic E-state index is 0.155. The Labute approximate surface area is 120 Å². The maximum atomic E-state index is 13.9. The van der Waals surface area contributed by atoms with Crippen LogP contribution < -0.4 is 16.2 Å². The second kappa shape index (κ2) is 5.74. The third-order valence-electron chi connectivity index (χ3n) is 2.96. The molecule has 7 heteroatoms. The Balaban J connectivity index is 2.32. The van der Waals surface area contributed by atoms with E-state index in [1.807, 2.05) is 0 Å². The van der Waals surface area contributed by atoms with Gasteiger partial charge in [0.1, 0.15) is 23.5 Å². The molecule has 1 aromatic heterocycles. The minimum Gasteiger partial charge on any atom is -0.484 e. The number of rotatable bonds is 4. The van der Waals surface area contributed by atoms with Crippen molar-refractivity contribution in [3.63, 3.8) is 0 Å². The third-order valence-corrected chi connectivity index (χ3v) is 2.96. The lowest BCUT2D eigenvalue weighted by atomic mass is 10.1. The molecule has 0 amide bonds. The zero-order chi connectivity index (χ0) is 15.6. The summed E-state index contributed by atoms with van der Waals surface area (Å²) in [6, 6.07) is 3.70. The molecule has 1 heterocycles. The summed E-state index contributed by atoms with van der Waals surface area (Å²) < 4.78 is 33.1. The van der Waals surface area contributed by atoms with Gasteiger partial charge < -0.3 is 21.6 Å². The van der Waals surface area contributed by atoms with E-state index in [9.17, 15) is 8.78 Å². The van der Waals surface area contributed by atoms with Crippen LogP contribution in [-0.4, -0.2) is 11.2 Å². The molecule has 1 aromatic carbocycles. The minimum atomic E-state index is -0.919. The second-order valence-corrected chi connectivity index (χ2v) is 4.41. The quantitative estimate of drug-likeness (QED) is 0.596. The first-order chi connectivity index (χ1) is 9.93. The normalized spacial score (nSPS) is 12.0. The average Bonchev–Trinajstić information content (AvgIpc) is 2.45. The van der Waals surface area contributed by atoms with Gasteiger partial charge in [-0.2, -0.15) is 0 Å². The topological polar surface area (TPSA) is 98.0 Å². The van der Waals surface area contributed by atoms with Gasteiger partial charge in [0.2, 0.25) is 0 Å². The highest BCUT2D eigenvalue weighted by molar-refractivity contribution is 5.83. The SMILES string of the molecule is CC(Oc1cnc(N)c(C=N)c1)c1c(F)ccc(N)c1F. The number of nitrogens with zero attached hydrogens (tertiary/aromatic N) is 1. The highest BCUT2D eigenvalue weighted by atomic mass is 19.1.